The highest BCUT2D eigenvalue weighted by Crippen LogP contribution is 2.30. The summed E-state index contributed by atoms with van der Waals surface area (Å²) in [5, 5.41) is 0. The van der Waals surface area contributed by atoms with E-state index in [1.807, 2.05) is 36.1 Å². The number of rotatable bonds is 5. The van der Waals surface area contributed by atoms with Crippen LogP contribution in [0.4, 0.5) is 5.69 Å². The smallest absolute Gasteiger partial charge is 0.243 e. The molecule has 0 saturated carbocycles. The van der Waals surface area contributed by atoms with Crippen molar-refractivity contribution in [3.63, 3.8) is 0 Å². The third kappa shape index (κ3) is 4.47. The first-order chi connectivity index (χ1) is 15.4. The molecule has 4 rings (SSSR count). The minimum Gasteiger partial charge on any atom is -0.495 e. The summed E-state index contributed by atoms with van der Waals surface area (Å²) in [6.07, 6.45) is 2.20. The second-order valence-electron chi connectivity index (χ2n) is 8.42. The van der Waals surface area contributed by atoms with E-state index in [1.165, 1.54) is 4.31 Å². The Morgan fingerprint density at radius 2 is 1.62 bits per heavy atom. The SMILES string of the molecule is COc1ccccc1N1CCN(C(=O)[C@H]2CCCCN2S(=O)(=O)c2ccc(C)cc2)CC1. The number of nitrogens with zero attached hydrogens (tertiary/aromatic N) is 3. The second kappa shape index (κ2) is 9.50. The maximum absolute atomic E-state index is 13.4. The van der Waals surface area contributed by atoms with Crippen LogP contribution >= 0.6 is 0 Å². The molecule has 7 nitrogen and oxygen atoms in total. The Bertz CT molecular complexity index is 1050. The number of anilines is 1. The van der Waals surface area contributed by atoms with Crippen molar-refractivity contribution in [3.8, 4) is 5.75 Å². The lowest BCUT2D eigenvalue weighted by Crippen LogP contribution is -2.57. The van der Waals surface area contributed by atoms with Gasteiger partial charge < -0.3 is 14.5 Å². The van der Waals surface area contributed by atoms with Crippen molar-refractivity contribution < 1.29 is 17.9 Å². The normalized spacial score (nSPS) is 20.2. The Balaban J connectivity index is 1.48. The lowest BCUT2D eigenvalue weighted by Gasteiger charge is -2.41. The van der Waals surface area contributed by atoms with Gasteiger partial charge in [0.1, 0.15) is 11.8 Å². The average Bonchev–Trinajstić information content (AvgIpc) is 2.84. The molecule has 32 heavy (non-hydrogen) atoms. The average molecular weight is 458 g/mol. The first-order valence-corrected chi connectivity index (χ1v) is 12.6. The largest absolute Gasteiger partial charge is 0.495 e. The van der Waals surface area contributed by atoms with Crippen LogP contribution in [-0.2, 0) is 14.8 Å². The van der Waals surface area contributed by atoms with E-state index >= 15 is 0 Å². The Hall–Kier alpha value is -2.58. The quantitative estimate of drug-likeness (QED) is 0.691. The molecule has 8 heteroatoms. The van der Waals surface area contributed by atoms with E-state index in [0.717, 1.165) is 29.8 Å². The lowest BCUT2D eigenvalue weighted by atomic mass is 10.0. The number of piperidine rings is 1. The van der Waals surface area contributed by atoms with Crippen LogP contribution in [0.5, 0.6) is 5.75 Å². The summed E-state index contributed by atoms with van der Waals surface area (Å²) in [4.78, 5) is 17.7. The molecular formula is C24H31N3O4S. The summed E-state index contributed by atoms with van der Waals surface area (Å²) in [6.45, 7) is 4.80. The number of carbonyl (C=O) groups is 1. The molecule has 1 amide bonds. The van der Waals surface area contributed by atoms with E-state index in [4.69, 9.17) is 4.74 Å². The molecule has 0 aromatic heterocycles. The van der Waals surface area contributed by atoms with Gasteiger partial charge in [0.05, 0.1) is 17.7 Å². The van der Waals surface area contributed by atoms with Crippen molar-refractivity contribution in [2.45, 2.75) is 37.1 Å². The van der Waals surface area contributed by atoms with E-state index in [-0.39, 0.29) is 10.8 Å². The van der Waals surface area contributed by atoms with E-state index in [2.05, 4.69) is 4.90 Å². The van der Waals surface area contributed by atoms with Gasteiger partial charge in [-0.05, 0) is 44.0 Å². The fourth-order valence-electron chi connectivity index (χ4n) is 4.55. The first kappa shape index (κ1) is 22.6. The highest BCUT2D eigenvalue weighted by atomic mass is 32.2. The first-order valence-electron chi connectivity index (χ1n) is 11.2. The molecule has 2 aromatic carbocycles. The van der Waals surface area contributed by atoms with E-state index in [1.54, 1.807) is 31.4 Å². The van der Waals surface area contributed by atoms with Gasteiger partial charge in [0.15, 0.2) is 0 Å². The van der Waals surface area contributed by atoms with Gasteiger partial charge in [0.2, 0.25) is 15.9 Å². The molecule has 2 fully saturated rings. The molecule has 2 aliphatic rings. The van der Waals surface area contributed by atoms with Crippen LogP contribution < -0.4 is 9.64 Å². The minimum atomic E-state index is -3.72. The summed E-state index contributed by atoms with van der Waals surface area (Å²) >= 11 is 0. The number of hydrogen-bond acceptors (Lipinski definition) is 5. The molecule has 0 bridgehead atoms. The monoisotopic (exact) mass is 457 g/mol. The topological polar surface area (TPSA) is 70.2 Å². The van der Waals surface area contributed by atoms with Gasteiger partial charge in [-0.25, -0.2) is 8.42 Å². The lowest BCUT2D eigenvalue weighted by molar-refractivity contribution is -0.136. The predicted molar refractivity (Wildman–Crippen MR) is 124 cm³/mol. The van der Waals surface area contributed by atoms with Crippen LogP contribution in [0.2, 0.25) is 0 Å². The summed E-state index contributed by atoms with van der Waals surface area (Å²) < 4.78 is 33.6. The number of para-hydroxylation sites is 2. The fraction of sp³-hybridized carbons (Fsp3) is 0.458. The van der Waals surface area contributed by atoms with Crippen molar-refractivity contribution in [2.75, 3.05) is 44.7 Å². The van der Waals surface area contributed by atoms with Gasteiger partial charge in [0.25, 0.3) is 0 Å². The molecule has 2 heterocycles. The van der Waals surface area contributed by atoms with Crippen LogP contribution in [0.3, 0.4) is 0 Å². The molecule has 0 aliphatic carbocycles. The maximum atomic E-state index is 13.4. The zero-order valence-corrected chi connectivity index (χ0v) is 19.6. The fourth-order valence-corrected chi connectivity index (χ4v) is 6.21. The molecule has 0 spiro atoms. The second-order valence-corrected chi connectivity index (χ2v) is 10.3. The van der Waals surface area contributed by atoms with Crippen molar-refractivity contribution >= 4 is 21.6 Å². The highest BCUT2D eigenvalue weighted by molar-refractivity contribution is 7.89. The van der Waals surface area contributed by atoms with Gasteiger partial charge in [-0.2, -0.15) is 4.31 Å². The Labute approximate surface area is 190 Å². The Kier molecular flexibility index (Phi) is 6.71. The highest BCUT2D eigenvalue weighted by Gasteiger charge is 2.40. The number of ether oxygens (including phenoxy) is 1. The zero-order chi connectivity index (χ0) is 22.7. The van der Waals surface area contributed by atoms with Crippen LogP contribution in [0.1, 0.15) is 24.8 Å². The van der Waals surface area contributed by atoms with Gasteiger partial charge in [-0.15, -0.1) is 0 Å². The Morgan fingerprint density at radius 1 is 0.938 bits per heavy atom. The molecule has 0 radical (unpaired) electrons. The number of benzene rings is 2. The van der Waals surface area contributed by atoms with Gasteiger partial charge in [-0.1, -0.05) is 36.2 Å². The molecule has 0 unspecified atom stereocenters. The van der Waals surface area contributed by atoms with Crippen molar-refractivity contribution in [2.24, 2.45) is 0 Å². The maximum Gasteiger partial charge on any atom is 0.243 e. The zero-order valence-electron chi connectivity index (χ0n) is 18.7. The predicted octanol–water partition coefficient (Wildman–Crippen LogP) is 2.90. The molecule has 0 N–H and O–H groups in total. The molecule has 172 valence electrons. The Morgan fingerprint density at radius 3 is 2.31 bits per heavy atom. The summed E-state index contributed by atoms with van der Waals surface area (Å²) in [5.74, 6) is 0.731. The van der Waals surface area contributed by atoms with E-state index < -0.39 is 16.1 Å². The third-order valence-corrected chi connectivity index (χ3v) is 8.31. The molecule has 2 aliphatic heterocycles. The number of hydrogen-bond donors (Lipinski definition) is 0. The summed E-state index contributed by atoms with van der Waals surface area (Å²) in [6, 6.07) is 14.1. The molecule has 2 aromatic rings. The number of carbonyl (C=O) groups excluding carboxylic acids is 1. The number of piperazine rings is 1. The standard InChI is InChI=1S/C24H31N3O4S/c1-19-10-12-20(13-11-19)32(29,30)27-14-6-5-8-22(27)24(28)26-17-15-25(16-18-26)21-7-3-4-9-23(21)31-2/h3-4,7,9-13,22H,5-6,8,14-18H2,1-2H3/t22-/m1/s1. The van der Waals surface area contributed by atoms with E-state index in [0.29, 0.717) is 39.1 Å². The number of aryl methyl sites for hydroxylation is 1. The van der Waals surface area contributed by atoms with Crippen LogP contribution in [0.25, 0.3) is 0 Å². The van der Waals surface area contributed by atoms with Gasteiger partial charge in [0, 0.05) is 32.7 Å². The summed E-state index contributed by atoms with van der Waals surface area (Å²) in [7, 11) is -2.06. The molecular weight excluding hydrogens is 426 g/mol. The number of methoxy groups -OCH3 is 1. The van der Waals surface area contributed by atoms with Crippen LogP contribution in [0, 0.1) is 6.92 Å². The summed E-state index contributed by atoms with van der Waals surface area (Å²) in [5.41, 5.74) is 2.02. The minimum absolute atomic E-state index is 0.0833. The number of amides is 1. The van der Waals surface area contributed by atoms with Crippen LogP contribution in [0.15, 0.2) is 53.4 Å². The van der Waals surface area contributed by atoms with Gasteiger partial charge in [-0.3, -0.25) is 4.79 Å². The van der Waals surface area contributed by atoms with Crippen molar-refractivity contribution in [1.29, 1.82) is 0 Å². The van der Waals surface area contributed by atoms with Crippen molar-refractivity contribution in [1.82, 2.24) is 9.21 Å². The third-order valence-electron chi connectivity index (χ3n) is 6.38. The van der Waals surface area contributed by atoms with Crippen molar-refractivity contribution in [3.05, 3.63) is 54.1 Å². The molecule has 2 saturated heterocycles. The van der Waals surface area contributed by atoms with E-state index in [9.17, 15) is 13.2 Å². The van der Waals surface area contributed by atoms with Gasteiger partial charge >= 0.3 is 0 Å². The number of sulfonamides is 1. The molecule has 1 atom stereocenters. The van der Waals surface area contributed by atoms with Crippen LogP contribution in [-0.4, -0.2) is 69.4 Å².